The maximum absolute atomic E-state index is 12.0. The molecule has 0 bridgehead atoms. The van der Waals surface area contributed by atoms with Crippen molar-refractivity contribution in [2.24, 2.45) is 4.99 Å². The molecule has 1 aliphatic rings. The van der Waals surface area contributed by atoms with Crippen LogP contribution in [0.1, 0.15) is 19.6 Å². The minimum atomic E-state index is -3.03. The van der Waals surface area contributed by atoms with E-state index in [1.807, 2.05) is 17.0 Å². The summed E-state index contributed by atoms with van der Waals surface area (Å²) in [5, 5.41) is 3.26. The zero-order valence-electron chi connectivity index (χ0n) is 12.8. The predicted octanol–water partition coefficient (Wildman–Crippen LogP) is 0.907. The first-order chi connectivity index (χ1) is 9.86. The van der Waals surface area contributed by atoms with E-state index in [1.165, 1.54) is 0 Å². The molecule has 2 heterocycles. The van der Waals surface area contributed by atoms with Crippen LogP contribution in [0, 0.1) is 0 Å². The molecule has 0 saturated carbocycles. The van der Waals surface area contributed by atoms with Crippen molar-refractivity contribution >= 4 is 15.8 Å². The van der Waals surface area contributed by atoms with E-state index in [4.69, 9.17) is 4.42 Å². The summed E-state index contributed by atoms with van der Waals surface area (Å²) in [5.74, 6) is 1.82. The Kier molecular flexibility index (Phi) is 4.61. The fraction of sp³-hybridized carbons (Fsp3) is 0.643. The molecule has 0 spiro atoms. The van der Waals surface area contributed by atoms with Crippen molar-refractivity contribution in [3.8, 4) is 0 Å². The lowest BCUT2D eigenvalue weighted by molar-refractivity contribution is 0.353. The van der Waals surface area contributed by atoms with Crippen LogP contribution in [-0.2, 0) is 16.3 Å². The molecule has 1 aromatic rings. The number of guanidine groups is 1. The summed E-state index contributed by atoms with van der Waals surface area (Å²) < 4.78 is 28.6. The van der Waals surface area contributed by atoms with Crippen LogP contribution in [0.4, 0.5) is 0 Å². The average Bonchev–Trinajstić information content (AvgIpc) is 2.91. The second kappa shape index (κ2) is 6.09. The highest BCUT2D eigenvalue weighted by Crippen LogP contribution is 2.23. The molecule has 1 aliphatic heterocycles. The zero-order valence-corrected chi connectivity index (χ0v) is 13.6. The maximum atomic E-state index is 12.0. The number of hydrogen-bond donors (Lipinski definition) is 1. The van der Waals surface area contributed by atoms with E-state index in [9.17, 15) is 8.42 Å². The molecule has 1 N–H and O–H groups in total. The van der Waals surface area contributed by atoms with Crippen molar-refractivity contribution in [3.63, 3.8) is 0 Å². The van der Waals surface area contributed by atoms with Gasteiger partial charge in [0.25, 0.3) is 0 Å². The summed E-state index contributed by atoms with van der Waals surface area (Å²) in [6.45, 7) is 5.17. The molecular weight excluding hydrogens is 290 g/mol. The predicted molar refractivity (Wildman–Crippen MR) is 83.2 cm³/mol. The summed E-state index contributed by atoms with van der Waals surface area (Å²) in [6.07, 6.45) is 2.42. The number of hydrogen-bond acceptors (Lipinski definition) is 4. The first-order valence-corrected chi connectivity index (χ1v) is 8.71. The van der Waals surface area contributed by atoms with Gasteiger partial charge in [-0.1, -0.05) is 0 Å². The molecule has 0 aliphatic carbocycles. The third kappa shape index (κ3) is 3.58. The molecule has 1 aromatic heterocycles. The summed E-state index contributed by atoms with van der Waals surface area (Å²) in [5.41, 5.74) is 0. The van der Waals surface area contributed by atoms with Gasteiger partial charge in [-0.2, -0.15) is 0 Å². The fourth-order valence-electron chi connectivity index (χ4n) is 2.41. The third-order valence-electron chi connectivity index (χ3n) is 3.79. The maximum Gasteiger partial charge on any atom is 0.193 e. The van der Waals surface area contributed by atoms with Gasteiger partial charge in [-0.25, -0.2) is 8.42 Å². The second-order valence-corrected chi connectivity index (χ2v) is 8.55. The van der Waals surface area contributed by atoms with Gasteiger partial charge in [-0.05, 0) is 26.0 Å². The number of nitrogens with zero attached hydrogens (tertiary/aromatic N) is 2. The van der Waals surface area contributed by atoms with Gasteiger partial charge >= 0.3 is 0 Å². The molecule has 2 rings (SSSR count). The van der Waals surface area contributed by atoms with Gasteiger partial charge in [0.05, 0.1) is 16.8 Å². The second-order valence-electron chi connectivity index (χ2n) is 5.80. The Hall–Kier alpha value is -1.50. The van der Waals surface area contributed by atoms with Gasteiger partial charge in [0.1, 0.15) is 5.76 Å². The van der Waals surface area contributed by atoms with Crippen LogP contribution in [-0.4, -0.2) is 56.5 Å². The number of nitrogens with one attached hydrogen (secondary N) is 1. The molecule has 21 heavy (non-hydrogen) atoms. The molecule has 1 saturated heterocycles. The molecular formula is C14H23N3O3S. The topological polar surface area (TPSA) is 74.9 Å². The zero-order chi connectivity index (χ0) is 15.5. The van der Waals surface area contributed by atoms with Crippen molar-refractivity contribution in [1.29, 1.82) is 0 Å². The minimum Gasteiger partial charge on any atom is -0.469 e. The quantitative estimate of drug-likeness (QED) is 0.663. The molecule has 0 unspecified atom stereocenters. The normalized spacial score (nSPS) is 21.3. The molecule has 0 amide bonds. The first kappa shape index (κ1) is 15.9. The molecule has 0 radical (unpaired) electrons. The SMILES string of the molecule is CN=C(NCCc1ccco1)N1CCS(=O)(=O)C(C)(C)C1. The smallest absolute Gasteiger partial charge is 0.193 e. The van der Waals surface area contributed by atoms with E-state index in [1.54, 1.807) is 27.2 Å². The van der Waals surface area contributed by atoms with Crippen LogP contribution >= 0.6 is 0 Å². The highest BCUT2D eigenvalue weighted by atomic mass is 32.2. The van der Waals surface area contributed by atoms with Crippen LogP contribution < -0.4 is 5.32 Å². The third-order valence-corrected chi connectivity index (χ3v) is 6.32. The van der Waals surface area contributed by atoms with Crippen LogP contribution in [0.2, 0.25) is 0 Å². The van der Waals surface area contributed by atoms with Crippen molar-refractivity contribution in [2.75, 3.05) is 32.4 Å². The summed E-state index contributed by atoms with van der Waals surface area (Å²) in [7, 11) is -1.32. The van der Waals surface area contributed by atoms with E-state index in [0.29, 0.717) is 19.6 Å². The molecule has 0 atom stereocenters. The van der Waals surface area contributed by atoms with Crippen molar-refractivity contribution < 1.29 is 12.8 Å². The van der Waals surface area contributed by atoms with Gasteiger partial charge in [-0.15, -0.1) is 0 Å². The van der Waals surface area contributed by atoms with Gasteiger partial charge in [-0.3, -0.25) is 4.99 Å². The van der Waals surface area contributed by atoms with Gasteiger partial charge < -0.3 is 14.6 Å². The Labute approximate surface area is 126 Å². The van der Waals surface area contributed by atoms with Crippen LogP contribution in [0.25, 0.3) is 0 Å². The molecule has 0 aromatic carbocycles. The lowest BCUT2D eigenvalue weighted by atomic mass is 10.2. The van der Waals surface area contributed by atoms with Gasteiger partial charge in [0.15, 0.2) is 15.8 Å². The van der Waals surface area contributed by atoms with Crippen molar-refractivity contribution in [2.45, 2.75) is 25.0 Å². The monoisotopic (exact) mass is 313 g/mol. The Balaban J connectivity index is 1.93. The van der Waals surface area contributed by atoms with E-state index < -0.39 is 14.6 Å². The van der Waals surface area contributed by atoms with Crippen LogP contribution in [0.3, 0.4) is 0 Å². The number of furan rings is 1. The average molecular weight is 313 g/mol. The number of sulfone groups is 1. The van der Waals surface area contributed by atoms with E-state index in [-0.39, 0.29) is 5.75 Å². The van der Waals surface area contributed by atoms with E-state index in [0.717, 1.165) is 18.1 Å². The van der Waals surface area contributed by atoms with E-state index in [2.05, 4.69) is 10.3 Å². The lowest BCUT2D eigenvalue weighted by Gasteiger charge is -2.39. The Bertz CT molecular complexity index is 591. The Morgan fingerprint density at radius 3 is 2.86 bits per heavy atom. The van der Waals surface area contributed by atoms with Gasteiger partial charge in [0, 0.05) is 33.1 Å². The fourth-order valence-corrected chi connectivity index (χ4v) is 3.77. The Morgan fingerprint density at radius 2 is 2.29 bits per heavy atom. The van der Waals surface area contributed by atoms with Crippen molar-refractivity contribution in [3.05, 3.63) is 24.2 Å². The van der Waals surface area contributed by atoms with Crippen LogP contribution in [0.15, 0.2) is 27.8 Å². The number of rotatable bonds is 3. The van der Waals surface area contributed by atoms with Crippen LogP contribution in [0.5, 0.6) is 0 Å². The summed E-state index contributed by atoms with van der Waals surface area (Å²) in [6, 6.07) is 3.79. The Morgan fingerprint density at radius 1 is 1.52 bits per heavy atom. The van der Waals surface area contributed by atoms with E-state index >= 15 is 0 Å². The van der Waals surface area contributed by atoms with Crippen molar-refractivity contribution in [1.82, 2.24) is 10.2 Å². The highest BCUT2D eigenvalue weighted by Gasteiger charge is 2.40. The summed E-state index contributed by atoms with van der Waals surface area (Å²) in [4.78, 5) is 6.25. The highest BCUT2D eigenvalue weighted by molar-refractivity contribution is 7.92. The molecule has 6 nitrogen and oxygen atoms in total. The largest absolute Gasteiger partial charge is 0.469 e. The lowest BCUT2D eigenvalue weighted by Crippen LogP contribution is -2.57. The molecule has 118 valence electrons. The minimum absolute atomic E-state index is 0.166. The molecule has 1 fully saturated rings. The standard InChI is InChI=1S/C14H23N3O3S/c1-14(2)11-17(8-10-21(14,18)19)13(15-3)16-7-6-12-5-4-9-20-12/h4-5,9H,6-8,10-11H2,1-3H3,(H,15,16). The first-order valence-electron chi connectivity index (χ1n) is 7.06. The van der Waals surface area contributed by atoms with Gasteiger partial charge in [0.2, 0.25) is 0 Å². The molecule has 7 heteroatoms. The summed E-state index contributed by atoms with van der Waals surface area (Å²) >= 11 is 0. The number of aliphatic imine (C=N–C) groups is 1.